The van der Waals surface area contributed by atoms with Crippen LogP contribution in [-0.2, 0) is 11.8 Å². The van der Waals surface area contributed by atoms with Gasteiger partial charge in [-0.05, 0) is 48.4 Å². The van der Waals surface area contributed by atoms with Gasteiger partial charge in [0.15, 0.2) is 5.82 Å². The van der Waals surface area contributed by atoms with E-state index in [4.69, 9.17) is 4.52 Å². The summed E-state index contributed by atoms with van der Waals surface area (Å²) < 4.78 is 5.25. The molecule has 0 aliphatic heterocycles. The second-order valence-electron chi connectivity index (χ2n) is 7.99. The zero-order valence-electron chi connectivity index (χ0n) is 17.6. The summed E-state index contributed by atoms with van der Waals surface area (Å²) in [4.78, 5) is 24.5. The average Bonchev–Trinajstić information content (AvgIpc) is 3.18. The molecule has 7 nitrogen and oxygen atoms in total. The maximum atomic E-state index is 12.3. The van der Waals surface area contributed by atoms with E-state index in [-0.39, 0.29) is 11.3 Å². The number of anilines is 3. The van der Waals surface area contributed by atoms with Gasteiger partial charge in [-0.25, -0.2) is 4.79 Å². The smallest absolute Gasteiger partial charge is 0.324 e. The molecule has 0 aliphatic carbocycles. The van der Waals surface area contributed by atoms with Gasteiger partial charge in [-0.3, -0.25) is 10.1 Å². The number of rotatable bonds is 5. The standard InChI is InChI=1S/C23H26N4O3/c1-5-15-6-8-16(9-7-15)21(28)24-17-10-12-18(13-11-17)25-22(29)26-20-14-19(30-27-20)23(2,3)4/h6-14H,5H2,1-4H3,(H,24,28)(H2,25,26,27,29). The van der Waals surface area contributed by atoms with Crippen molar-refractivity contribution in [1.82, 2.24) is 5.16 Å². The minimum Gasteiger partial charge on any atom is -0.359 e. The molecule has 7 heteroatoms. The molecule has 30 heavy (non-hydrogen) atoms. The number of aromatic nitrogens is 1. The molecule has 0 fully saturated rings. The third kappa shape index (κ3) is 5.47. The van der Waals surface area contributed by atoms with Crippen molar-refractivity contribution in [2.45, 2.75) is 39.5 Å². The van der Waals surface area contributed by atoms with Crippen molar-refractivity contribution in [3.8, 4) is 0 Å². The molecule has 0 bridgehead atoms. The van der Waals surface area contributed by atoms with Crippen molar-refractivity contribution < 1.29 is 14.1 Å². The first-order chi connectivity index (χ1) is 14.2. The van der Waals surface area contributed by atoms with Crippen molar-refractivity contribution >= 4 is 29.1 Å². The normalized spacial score (nSPS) is 11.1. The Morgan fingerprint density at radius 2 is 1.50 bits per heavy atom. The predicted octanol–water partition coefficient (Wildman–Crippen LogP) is 5.43. The van der Waals surface area contributed by atoms with E-state index in [0.717, 1.165) is 6.42 Å². The third-order valence-electron chi connectivity index (χ3n) is 4.52. The van der Waals surface area contributed by atoms with Crippen molar-refractivity contribution in [2.24, 2.45) is 0 Å². The van der Waals surface area contributed by atoms with Gasteiger partial charge in [-0.15, -0.1) is 0 Å². The number of urea groups is 1. The topological polar surface area (TPSA) is 96.3 Å². The fourth-order valence-corrected chi connectivity index (χ4v) is 2.70. The van der Waals surface area contributed by atoms with Gasteiger partial charge in [-0.1, -0.05) is 45.0 Å². The van der Waals surface area contributed by atoms with Crippen LogP contribution in [0.3, 0.4) is 0 Å². The summed E-state index contributed by atoms with van der Waals surface area (Å²) in [5.41, 5.74) is 2.80. The number of benzene rings is 2. The van der Waals surface area contributed by atoms with Gasteiger partial charge in [0.2, 0.25) is 0 Å². The zero-order chi connectivity index (χ0) is 21.7. The molecule has 3 aromatic rings. The van der Waals surface area contributed by atoms with Crippen LogP contribution in [0.5, 0.6) is 0 Å². The fraction of sp³-hybridized carbons (Fsp3) is 0.261. The quantitative estimate of drug-likeness (QED) is 0.526. The van der Waals surface area contributed by atoms with Crippen LogP contribution in [0, 0.1) is 0 Å². The van der Waals surface area contributed by atoms with Gasteiger partial charge in [0, 0.05) is 28.4 Å². The Kier molecular flexibility index (Phi) is 6.20. The van der Waals surface area contributed by atoms with Crippen LogP contribution in [0.2, 0.25) is 0 Å². The van der Waals surface area contributed by atoms with E-state index in [0.29, 0.717) is 28.5 Å². The third-order valence-corrected chi connectivity index (χ3v) is 4.52. The second kappa shape index (κ2) is 8.82. The molecule has 3 amide bonds. The van der Waals surface area contributed by atoms with Crippen molar-refractivity contribution in [1.29, 1.82) is 0 Å². The molecule has 156 valence electrons. The minimum atomic E-state index is -0.434. The summed E-state index contributed by atoms with van der Waals surface area (Å²) in [5.74, 6) is 0.842. The summed E-state index contributed by atoms with van der Waals surface area (Å²) in [5, 5.41) is 12.1. The molecule has 3 rings (SSSR count). The zero-order valence-corrected chi connectivity index (χ0v) is 17.6. The van der Waals surface area contributed by atoms with Gasteiger partial charge in [0.25, 0.3) is 5.91 Å². The molecule has 0 saturated carbocycles. The summed E-state index contributed by atoms with van der Waals surface area (Å²) in [7, 11) is 0. The Bertz CT molecular complexity index is 1020. The summed E-state index contributed by atoms with van der Waals surface area (Å²) in [6, 6.07) is 15.6. The van der Waals surface area contributed by atoms with Crippen LogP contribution in [0.1, 0.15) is 49.4 Å². The van der Waals surface area contributed by atoms with Crippen molar-refractivity contribution in [2.75, 3.05) is 16.0 Å². The fourth-order valence-electron chi connectivity index (χ4n) is 2.70. The first kappa shape index (κ1) is 21.1. The molecule has 1 heterocycles. The number of hydrogen-bond acceptors (Lipinski definition) is 4. The number of amides is 3. The molecular formula is C23H26N4O3. The lowest BCUT2D eigenvalue weighted by molar-refractivity contribution is 0.102. The van der Waals surface area contributed by atoms with Gasteiger partial charge in [0.1, 0.15) is 5.76 Å². The lowest BCUT2D eigenvalue weighted by atomic mass is 9.93. The highest BCUT2D eigenvalue weighted by molar-refractivity contribution is 6.04. The Hall–Kier alpha value is -3.61. The predicted molar refractivity (Wildman–Crippen MR) is 118 cm³/mol. The Morgan fingerprint density at radius 1 is 0.900 bits per heavy atom. The lowest BCUT2D eigenvalue weighted by Crippen LogP contribution is -2.19. The van der Waals surface area contributed by atoms with E-state index >= 15 is 0 Å². The van der Waals surface area contributed by atoms with Gasteiger partial charge in [-0.2, -0.15) is 0 Å². The first-order valence-corrected chi connectivity index (χ1v) is 9.80. The summed E-state index contributed by atoms with van der Waals surface area (Å²) in [6.45, 7) is 8.06. The molecule has 0 radical (unpaired) electrons. The van der Waals surface area contributed by atoms with Crippen LogP contribution in [-0.4, -0.2) is 17.1 Å². The maximum absolute atomic E-state index is 12.3. The van der Waals surface area contributed by atoms with Gasteiger partial charge in [0.05, 0.1) is 0 Å². The monoisotopic (exact) mass is 406 g/mol. The van der Waals surface area contributed by atoms with E-state index in [2.05, 4.69) is 28.0 Å². The Balaban J connectivity index is 1.55. The van der Waals surface area contributed by atoms with Crippen LogP contribution in [0.15, 0.2) is 59.1 Å². The molecule has 3 N–H and O–H groups in total. The van der Waals surface area contributed by atoms with E-state index in [9.17, 15) is 9.59 Å². The number of aryl methyl sites for hydroxylation is 1. The number of hydrogen-bond donors (Lipinski definition) is 3. The molecule has 0 unspecified atom stereocenters. The van der Waals surface area contributed by atoms with Crippen LogP contribution in [0.25, 0.3) is 0 Å². The van der Waals surface area contributed by atoms with Crippen molar-refractivity contribution in [3.63, 3.8) is 0 Å². The Morgan fingerprint density at radius 3 is 2.03 bits per heavy atom. The van der Waals surface area contributed by atoms with E-state index in [1.165, 1.54) is 5.56 Å². The molecule has 0 saturated heterocycles. The Labute approximate surface area is 175 Å². The summed E-state index contributed by atoms with van der Waals surface area (Å²) in [6.07, 6.45) is 0.929. The van der Waals surface area contributed by atoms with Crippen LogP contribution < -0.4 is 16.0 Å². The largest absolute Gasteiger partial charge is 0.359 e. The molecule has 1 aromatic heterocycles. The average molecular weight is 406 g/mol. The highest BCUT2D eigenvalue weighted by Crippen LogP contribution is 2.24. The first-order valence-electron chi connectivity index (χ1n) is 9.80. The minimum absolute atomic E-state index is 0.184. The number of nitrogens with one attached hydrogen (secondary N) is 3. The van der Waals surface area contributed by atoms with E-state index in [1.54, 1.807) is 30.3 Å². The van der Waals surface area contributed by atoms with Crippen LogP contribution in [0.4, 0.5) is 22.0 Å². The number of nitrogens with zero attached hydrogens (tertiary/aromatic N) is 1. The second-order valence-corrected chi connectivity index (χ2v) is 7.99. The van der Waals surface area contributed by atoms with E-state index in [1.807, 2.05) is 45.0 Å². The number of carbonyl (C=O) groups excluding carboxylic acids is 2. The lowest BCUT2D eigenvalue weighted by Gasteiger charge is -2.12. The molecule has 0 spiro atoms. The van der Waals surface area contributed by atoms with Crippen LogP contribution >= 0.6 is 0 Å². The maximum Gasteiger partial charge on any atom is 0.324 e. The highest BCUT2D eigenvalue weighted by Gasteiger charge is 2.20. The molecule has 0 aliphatic rings. The molecule has 0 atom stereocenters. The van der Waals surface area contributed by atoms with E-state index < -0.39 is 6.03 Å². The highest BCUT2D eigenvalue weighted by atomic mass is 16.5. The SMILES string of the molecule is CCc1ccc(C(=O)Nc2ccc(NC(=O)Nc3cc(C(C)(C)C)on3)cc2)cc1. The molecular weight excluding hydrogens is 380 g/mol. The number of carbonyl (C=O) groups is 2. The molecule has 2 aromatic carbocycles. The van der Waals surface area contributed by atoms with Gasteiger partial charge < -0.3 is 15.2 Å². The van der Waals surface area contributed by atoms with Crippen molar-refractivity contribution in [3.05, 3.63) is 71.5 Å². The van der Waals surface area contributed by atoms with Gasteiger partial charge >= 0.3 is 6.03 Å². The summed E-state index contributed by atoms with van der Waals surface area (Å²) >= 11 is 0.